The van der Waals surface area contributed by atoms with Crippen LogP contribution in [0.5, 0.6) is 0 Å². The second-order valence-corrected chi connectivity index (χ2v) is 14.1. The molecule has 0 saturated heterocycles. The van der Waals surface area contributed by atoms with Crippen molar-refractivity contribution in [1.29, 1.82) is 0 Å². The highest BCUT2D eigenvalue weighted by Crippen LogP contribution is 2.60. The Morgan fingerprint density at radius 3 is 1.23 bits per heavy atom. The van der Waals surface area contributed by atoms with E-state index in [0.717, 1.165) is 13.1 Å². The number of fused-ring (bicyclic) bond motifs is 1. The first-order valence-electron chi connectivity index (χ1n) is 12.9. The summed E-state index contributed by atoms with van der Waals surface area (Å²) in [7, 11) is -1.14. The third-order valence-corrected chi connectivity index (χ3v) is 10.5. The van der Waals surface area contributed by atoms with E-state index in [0.29, 0.717) is 23.7 Å². The van der Waals surface area contributed by atoms with Gasteiger partial charge in [0.1, 0.15) is 0 Å². The summed E-state index contributed by atoms with van der Waals surface area (Å²) < 4.78 is 5.09. The lowest BCUT2D eigenvalue weighted by atomic mass is 9.92. The van der Waals surface area contributed by atoms with E-state index in [9.17, 15) is 0 Å². The van der Waals surface area contributed by atoms with E-state index in [1.54, 1.807) is 0 Å². The van der Waals surface area contributed by atoms with Crippen molar-refractivity contribution in [1.82, 2.24) is 0 Å². The summed E-state index contributed by atoms with van der Waals surface area (Å²) in [5, 5.41) is 4.66. The van der Waals surface area contributed by atoms with Crippen molar-refractivity contribution in [3.05, 3.63) is 80.5 Å². The second kappa shape index (κ2) is 10.8. The molecular formula is C30H40ClN2PS. The Balaban J connectivity index is 1.98. The minimum atomic E-state index is -1.14. The second-order valence-electron chi connectivity index (χ2n) is 11.0. The zero-order valence-electron chi connectivity index (χ0n) is 22.5. The normalized spacial score (nSPS) is 15.0. The summed E-state index contributed by atoms with van der Waals surface area (Å²) >= 11 is 9.51. The summed E-state index contributed by atoms with van der Waals surface area (Å²) in [4.78, 5) is 0. The molecule has 188 valence electrons. The van der Waals surface area contributed by atoms with Crippen LogP contribution in [0.1, 0.15) is 112 Å². The molecule has 0 amide bonds. The van der Waals surface area contributed by atoms with Crippen molar-refractivity contribution in [3.8, 4) is 0 Å². The number of halogens is 1. The number of para-hydroxylation sites is 2. The van der Waals surface area contributed by atoms with Gasteiger partial charge in [-0.1, -0.05) is 91.8 Å². The Morgan fingerprint density at radius 2 is 0.943 bits per heavy atom. The number of rotatable bonds is 6. The molecule has 0 aliphatic carbocycles. The molecule has 35 heavy (non-hydrogen) atoms. The van der Waals surface area contributed by atoms with Gasteiger partial charge < -0.3 is 9.34 Å². The highest BCUT2D eigenvalue weighted by atomic mass is 35.7. The first kappa shape index (κ1) is 26.5. The van der Waals surface area contributed by atoms with Crippen LogP contribution in [0.3, 0.4) is 0 Å². The quantitative estimate of drug-likeness (QED) is 0.295. The first-order valence-corrected chi connectivity index (χ1v) is 16.0. The molecule has 0 atom stereocenters. The summed E-state index contributed by atoms with van der Waals surface area (Å²) in [6.45, 7) is 20.1. The minimum Gasteiger partial charge on any atom is -0.316 e. The van der Waals surface area contributed by atoms with Crippen LogP contribution in [-0.4, -0.2) is 0 Å². The van der Waals surface area contributed by atoms with Crippen LogP contribution in [0.2, 0.25) is 0 Å². The van der Waals surface area contributed by atoms with Crippen molar-refractivity contribution >= 4 is 41.5 Å². The van der Waals surface area contributed by atoms with Crippen molar-refractivity contribution < 1.29 is 0 Å². The van der Waals surface area contributed by atoms with E-state index in [4.69, 9.17) is 11.2 Å². The van der Waals surface area contributed by atoms with E-state index in [1.807, 2.05) is 11.3 Å². The van der Waals surface area contributed by atoms with E-state index in [-0.39, 0.29) is 0 Å². The molecule has 2 nitrogen and oxygen atoms in total. The number of thiophene rings is 1. The van der Waals surface area contributed by atoms with E-state index in [1.165, 1.54) is 44.8 Å². The number of benzene rings is 2. The zero-order valence-corrected chi connectivity index (χ0v) is 24.9. The largest absolute Gasteiger partial charge is 0.316 e. The van der Waals surface area contributed by atoms with Gasteiger partial charge in [0.25, 0.3) is 0 Å². The highest BCUT2D eigenvalue weighted by molar-refractivity contribution is 7.86. The molecule has 0 N–H and O–H groups in total. The van der Waals surface area contributed by atoms with Gasteiger partial charge in [0.2, 0.25) is 0 Å². The van der Waals surface area contributed by atoms with Crippen molar-refractivity contribution in [2.45, 2.75) is 92.2 Å². The summed E-state index contributed by atoms with van der Waals surface area (Å²) in [5.74, 6) is 1.71. The topological polar surface area (TPSA) is 6.48 Å². The van der Waals surface area contributed by atoms with E-state index >= 15 is 0 Å². The molecule has 0 bridgehead atoms. The molecule has 0 radical (unpaired) electrons. The predicted octanol–water partition coefficient (Wildman–Crippen LogP) is 10.7. The smallest absolute Gasteiger partial charge is 0.198 e. The molecule has 4 rings (SSSR count). The average molecular weight is 527 g/mol. The SMILES string of the molecule is CC(C)c1cccc(C(C)C)c1N1Cc2cscc2CN(c2c(C(C)C)cccc2C(C)C)P1Cl. The average Bonchev–Trinajstić information content (AvgIpc) is 3.20. The first-order chi connectivity index (χ1) is 16.6. The molecule has 0 spiro atoms. The van der Waals surface area contributed by atoms with Crippen LogP contribution in [0.25, 0.3) is 0 Å². The van der Waals surface area contributed by atoms with Gasteiger partial charge in [-0.3, -0.25) is 0 Å². The Bertz CT molecular complexity index is 1030. The molecule has 3 aromatic rings. The zero-order chi connectivity index (χ0) is 25.4. The molecule has 0 saturated carbocycles. The maximum absolute atomic E-state index is 7.70. The fourth-order valence-electron chi connectivity index (χ4n) is 5.14. The van der Waals surface area contributed by atoms with Gasteiger partial charge in [-0.25, -0.2) is 0 Å². The maximum atomic E-state index is 7.70. The molecule has 2 aromatic carbocycles. The van der Waals surface area contributed by atoms with E-state index in [2.05, 4.69) is 112 Å². The van der Waals surface area contributed by atoms with Crippen LogP contribution in [0.4, 0.5) is 11.4 Å². The molecule has 5 heteroatoms. The molecule has 2 heterocycles. The van der Waals surface area contributed by atoms with Crippen molar-refractivity contribution in [2.75, 3.05) is 9.34 Å². The third-order valence-electron chi connectivity index (χ3n) is 7.07. The minimum absolute atomic E-state index is 0.427. The van der Waals surface area contributed by atoms with Gasteiger partial charge in [0.15, 0.2) is 7.58 Å². The van der Waals surface area contributed by atoms with Gasteiger partial charge in [0.05, 0.1) is 13.1 Å². The summed E-state index contributed by atoms with van der Waals surface area (Å²) in [6, 6.07) is 13.7. The fraction of sp³-hybridized carbons (Fsp3) is 0.467. The van der Waals surface area contributed by atoms with Gasteiger partial charge in [-0.05, 0) is 79.1 Å². The molecule has 0 unspecified atom stereocenters. The van der Waals surface area contributed by atoms with E-state index < -0.39 is 7.58 Å². The van der Waals surface area contributed by atoms with Gasteiger partial charge >= 0.3 is 0 Å². The monoisotopic (exact) mass is 526 g/mol. The highest BCUT2D eigenvalue weighted by Gasteiger charge is 2.35. The lowest BCUT2D eigenvalue weighted by Gasteiger charge is -2.40. The Hall–Kier alpha value is -1.54. The van der Waals surface area contributed by atoms with Gasteiger partial charge in [-0.15, -0.1) is 0 Å². The van der Waals surface area contributed by atoms with Crippen LogP contribution >= 0.6 is 30.2 Å². The van der Waals surface area contributed by atoms with Crippen LogP contribution < -0.4 is 9.34 Å². The standard InChI is InChI=1S/C30H40ClN2PS/c1-19(2)25-11-9-12-26(20(3)4)29(25)32-15-23-17-35-18-24(23)16-33(34(32)31)30-27(21(5)6)13-10-14-28(30)22(7)8/h9-14,17-22H,15-16H2,1-8H3. The Kier molecular flexibility index (Phi) is 8.21. The van der Waals surface area contributed by atoms with Crippen LogP contribution in [0, 0.1) is 0 Å². The number of hydrogen-bond acceptors (Lipinski definition) is 3. The molecule has 1 aromatic heterocycles. The molecule has 0 fully saturated rings. The molecule has 1 aliphatic rings. The molecular weight excluding hydrogens is 487 g/mol. The number of nitrogens with zero attached hydrogens (tertiary/aromatic N) is 2. The van der Waals surface area contributed by atoms with Gasteiger partial charge in [0, 0.05) is 11.4 Å². The predicted molar refractivity (Wildman–Crippen MR) is 159 cm³/mol. The van der Waals surface area contributed by atoms with Crippen molar-refractivity contribution in [3.63, 3.8) is 0 Å². The maximum Gasteiger partial charge on any atom is 0.198 e. The third kappa shape index (κ3) is 5.15. The molecule has 1 aliphatic heterocycles. The lowest BCUT2D eigenvalue weighted by Crippen LogP contribution is -2.26. The number of hydrogen-bond donors (Lipinski definition) is 0. The van der Waals surface area contributed by atoms with Crippen molar-refractivity contribution in [2.24, 2.45) is 0 Å². The fourth-order valence-corrected chi connectivity index (χ4v) is 8.35. The number of anilines is 2. The Morgan fingerprint density at radius 1 is 0.629 bits per heavy atom. The van der Waals surface area contributed by atoms with Crippen LogP contribution in [-0.2, 0) is 13.1 Å². The summed E-state index contributed by atoms with van der Waals surface area (Å²) in [6.07, 6.45) is 0. The summed E-state index contributed by atoms with van der Waals surface area (Å²) in [5.41, 5.74) is 11.1. The van der Waals surface area contributed by atoms with Crippen LogP contribution in [0.15, 0.2) is 47.2 Å². The van der Waals surface area contributed by atoms with Gasteiger partial charge in [-0.2, -0.15) is 11.3 Å². The lowest BCUT2D eigenvalue weighted by molar-refractivity contribution is 0.821. The Labute approximate surface area is 223 Å².